The molecule has 4 nitrogen and oxygen atoms in total. The second kappa shape index (κ2) is 9.50. The summed E-state index contributed by atoms with van der Waals surface area (Å²) in [7, 11) is 0. The van der Waals surface area contributed by atoms with Gasteiger partial charge in [0.1, 0.15) is 0 Å². The van der Waals surface area contributed by atoms with Gasteiger partial charge in [-0.25, -0.2) is 4.79 Å². The van der Waals surface area contributed by atoms with E-state index < -0.39 is 0 Å². The molecule has 0 aliphatic carbocycles. The van der Waals surface area contributed by atoms with E-state index in [-0.39, 0.29) is 11.8 Å². The number of carbonyl (C=O) groups excluding carboxylic acids is 2. The summed E-state index contributed by atoms with van der Waals surface area (Å²) in [4.78, 5) is 23.7. The lowest BCUT2D eigenvalue weighted by Gasteiger charge is -2.07. The van der Waals surface area contributed by atoms with Gasteiger partial charge in [-0.3, -0.25) is 4.79 Å². The van der Waals surface area contributed by atoms with Gasteiger partial charge in [0.2, 0.25) is 0 Å². The first-order valence-electron chi connectivity index (χ1n) is 8.30. The van der Waals surface area contributed by atoms with Crippen molar-refractivity contribution in [2.75, 3.05) is 13.1 Å². The Morgan fingerprint density at radius 1 is 0.875 bits per heavy atom. The number of urea groups is 1. The third-order valence-corrected chi connectivity index (χ3v) is 3.78. The smallest absolute Gasteiger partial charge is 0.314 e. The molecule has 0 saturated carbocycles. The van der Waals surface area contributed by atoms with Crippen LogP contribution in [-0.4, -0.2) is 24.9 Å². The van der Waals surface area contributed by atoms with Crippen molar-refractivity contribution in [3.05, 3.63) is 71.3 Å². The topological polar surface area (TPSA) is 58.2 Å². The summed E-state index contributed by atoms with van der Waals surface area (Å²) in [6, 6.07) is 17.4. The molecule has 0 saturated heterocycles. The first kappa shape index (κ1) is 17.7. The SMILES string of the molecule is Cc1ccc(C(=O)CCNC(=O)NCCCc2ccccc2)cc1. The first-order chi connectivity index (χ1) is 11.6. The van der Waals surface area contributed by atoms with Crippen LogP contribution in [0.25, 0.3) is 0 Å². The third-order valence-electron chi connectivity index (χ3n) is 3.78. The molecule has 2 aromatic rings. The molecule has 2 N–H and O–H groups in total. The van der Waals surface area contributed by atoms with Crippen molar-refractivity contribution >= 4 is 11.8 Å². The van der Waals surface area contributed by atoms with E-state index in [1.165, 1.54) is 5.56 Å². The number of carbonyl (C=O) groups is 2. The molecule has 2 aromatic carbocycles. The van der Waals surface area contributed by atoms with Gasteiger partial charge in [-0.2, -0.15) is 0 Å². The number of hydrogen-bond donors (Lipinski definition) is 2. The van der Waals surface area contributed by atoms with Crippen LogP contribution in [-0.2, 0) is 6.42 Å². The zero-order chi connectivity index (χ0) is 17.2. The predicted octanol–water partition coefficient (Wildman–Crippen LogP) is 3.50. The van der Waals surface area contributed by atoms with Crippen LogP contribution in [0, 0.1) is 6.92 Å². The van der Waals surface area contributed by atoms with Gasteiger partial charge in [0.05, 0.1) is 0 Å². The number of ketones is 1. The van der Waals surface area contributed by atoms with Crippen LogP contribution in [0.5, 0.6) is 0 Å². The molecule has 0 fully saturated rings. The van der Waals surface area contributed by atoms with Gasteiger partial charge in [0.15, 0.2) is 5.78 Å². The zero-order valence-corrected chi connectivity index (χ0v) is 14.0. The molecule has 2 amide bonds. The first-order valence-corrected chi connectivity index (χ1v) is 8.30. The Morgan fingerprint density at radius 3 is 2.25 bits per heavy atom. The van der Waals surface area contributed by atoms with Crippen LogP contribution in [0.3, 0.4) is 0 Å². The molecule has 0 unspecified atom stereocenters. The molecule has 24 heavy (non-hydrogen) atoms. The van der Waals surface area contributed by atoms with E-state index in [1.807, 2.05) is 49.4 Å². The van der Waals surface area contributed by atoms with Crippen LogP contribution >= 0.6 is 0 Å². The van der Waals surface area contributed by atoms with Gasteiger partial charge in [0, 0.05) is 25.1 Å². The second-order valence-corrected chi connectivity index (χ2v) is 5.81. The molecule has 0 bridgehead atoms. The number of rotatable bonds is 8. The van der Waals surface area contributed by atoms with Gasteiger partial charge >= 0.3 is 6.03 Å². The summed E-state index contributed by atoms with van der Waals surface area (Å²) in [6.45, 7) is 2.95. The lowest BCUT2D eigenvalue weighted by molar-refractivity contribution is 0.0983. The standard InChI is InChI=1S/C20H24N2O2/c1-16-9-11-18(12-10-16)19(23)13-15-22-20(24)21-14-5-8-17-6-3-2-4-7-17/h2-4,6-7,9-12H,5,8,13-15H2,1H3,(H2,21,22,24). The summed E-state index contributed by atoms with van der Waals surface area (Å²) < 4.78 is 0. The molecule has 0 aliphatic heterocycles. The molecule has 0 atom stereocenters. The van der Waals surface area contributed by atoms with Crippen LogP contribution in [0.1, 0.15) is 34.3 Å². The third kappa shape index (κ3) is 6.24. The quantitative estimate of drug-likeness (QED) is 0.577. The van der Waals surface area contributed by atoms with Gasteiger partial charge < -0.3 is 10.6 Å². The summed E-state index contributed by atoms with van der Waals surface area (Å²) >= 11 is 0. The molecule has 4 heteroatoms. The normalized spacial score (nSPS) is 10.2. The van der Waals surface area contributed by atoms with Crippen molar-refractivity contribution in [1.29, 1.82) is 0 Å². The Labute approximate surface area is 143 Å². The van der Waals surface area contributed by atoms with E-state index >= 15 is 0 Å². The summed E-state index contributed by atoms with van der Waals surface area (Å²) in [5.74, 6) is 0.0411. The Bertz CT molecular complexity index is 651. The molecular formula is C20H24N2O2. The van der Waals surface area contributed by atoms with Crippen LogP contribution in [0.2, 0.25) is 0 Å². The Hall–Kier alpha value is -2.62. The number of hydrogen-bond acceptors (Lipinski definition) is 2. The average Bonchev–Trinajstić information content (AvgIpc) is 2.60. The summed E-state index contributed by atoms with van der Waals surface area (Å²) in [5.41, 5.74) is 3.08. The van der Waals surface area contributed by atoms with E-state index in [0.29, 0.717) is 25.1 Å². The van der Waals surface area contributed by atoms with E-state index in [2.05, 4.69) is 22.8 Å². The number of nitrogens with one attached hydrogen (secondary N) is 2. The number of aryl methyl sites for hydroxylation is 2. The van der Waals surface area contributed by atoms with E-state index in [0.717, 1.165) is 18.4 Å². The summed E-state index contributed by atoms with van der Waals surface area (Å²) in [5, 5.41) is 5.54. The van der Waals surface area contributed by atoms with Crippen LogP contribution in [0.4, 0.5) is 4.79 Å². The van der Waals surface area contributed by atoms with Gasteiger partial charge in [-0.1, -0.05) is 60.2 Å². The van der Waals surface area contributed by atoms with Crippen molar-refractivity contribution in [3.8, 4) is 0 Å². The predicted molar refractivity (Wildman–Crippen MR) is 96.3 cm³/mol. The molecule has 0 spiro atoms. The van der Waals surface area contributed by atoms with Gasteiger partial charge in [-0.05, 0) is 25.3 Å². The highest BCUT2D eigenvalue weighted by Gasteiger charge is 2.06. The van der Waals surface area contributed by atoms with Crippen LogP contribution in [0.15, 0.2) is 54.6 Å². The molecule has 0 radical (unpaired) electrons. The fourth-order valence-corrected chi connectivity index (χ4v) is 2.37. The second-order valence-electron chi connectivity index (χ2n) is 5.81. The number of benzene rings is 2. The van der Waals surface area contributed by atoms with E-state index in [1.54, 1.807) is 0 Å². The number of Topliss-reactive ketones (excluding diaryl/α,β-unsaturated/α-hetero) is 1. The molecule has 0 aliphatic rings. The fourth-order valence-electron chi connectivity index (χ4n) is 2.37. The van der Waals surface area contributed by atoms with Crippen molar-refractivity contribution in [2.45, 2.75) is 26.2 Å². The molecule has 2 rings (SSSR count). The maximum atomic E-state index is 12.0. The van der Waals surface area contributed by atoms with E-state index in [4.69, 9.17) is 0 Å². The number of amides is 2. The van der Waals surface area contributed by atoms with Crippen molar-refractivity contribution in [3.63, 3.8) is 0 Å². The average molecular weight is 324 g/mol. The van der Waals surface area contributed by atoms with Gasteiger partial charge in [0.25, 0.3) is 0 Å². The van der Waals surface area contributed by atoms with Crippen molar-refractivity contribution in [2.24, 2.45) is 0 Å². The maximum absolute atomic E-state index is 12.0. The van der Waals surface area contributed by atoms with Gasteiger partial charge in [-0.15, -0.1) is 0 Å². The van der Waals surface area contributed by atoms with Crippen LogP contribution < -0.4 is 10.6 Å². The molecule has 0 aromatic heterocycles. The lowest BCUT2D eigenvalue weighted by Crippen LogP contribution is -2.37. The highest BCUT2D eigenvalue weighted by Crippen LogP contribution is 2.05. The molecule has 0 heterocycles. The summed E-state index contributed by atoms with van der Waals surface area (Å²) in [6.07, 6.45) is 2.13. The monoisotopic (exact) mass is 324 g/mol. The minimum Gasteiger partial charge on any atom is -0.338 e. The highest BCUT2D eigenvalue weighted by atomic mass is 16.2. The molecule has 126 valence electrons. The maximum Gasteiger partial charge on any atom is 0.314 e. The Balaban J connectivity index is 1.58. The Morgan fingerprint density at radius 2 is 1.54 bits per heavy atom. The largest absolute Gasteiger partial charge is 0.338 e. The zero-order valence-electron chi connectivity index (χ0n) is 14.0. The fraction of sp³-hybridized carbons (Fsp3) is 0.300. The van der Waals surface area contributed by atoms with Crippen molar-refractivity contribution < 1.29 is 9.59 Å². The van der Waals surface area contributed by atoms with E-state index in [9.17, 15) is 9.59 Å². The minimum atomic E-state index is -0.222. The lowest BCUT2D eigenvalue weighted by atomic mass is 10.1. The Kier molecular flexibility index (Phi) is 7.02. The molecular weight excluding hydrogens is 300 g/mol. The minimum absolute atomic E-state index is 0.0411. The highest BCUT2D eigenvalue weighted by molar-refractivity contribution is 5.96. The van der Waals surface area contributed by atoms with Crippen molar-refractivity contribution in [1.82, 2.24) is 10.6 Å².